The molecule has 66 valence electrons. The third-order valence-electron chi connectivity index (χ3n) is 1.99. The van der Waals surface area contributed by atoms with Crippen LogP contribution >= 0.6 is 0 Å². The van der Waals surface area contributed by atoms with Crippen LogP contribution in [0.1, 0.15) is 13.3 Å². The van der Waals surface area contributed by atoms with E-state index < -0.39 is 12.1 Å². The normalized spacial score (nSPS) is 32.1. The molecular formula is C7H13BN2O2. The van der Waals surface area contributed by atoms with E-state index in [-0.39, 0.29) is 11.8 Å². The first-order chi connectivity index (χ1) is 5.52. The second-order valence-electron chi connectivity index (χ2n) is 3.24. The highest BCUT2D eigenvalue weighted by Crippen LogP contribution is 2.15. The first kappa shape index (κ1) is 9.54. The minimum atomic E-state index is -0.540. The predicted octanol–water partition coefficient (Wildman–Crippen LogP) is -1.58. The first-order valence-corrected chi connectivity index (χ1v) is 4.02. The van der Waals surface area contributed by atoms with E-state index >= 15 is 0 Å². The fraction of sp³-hybridized carbons (Fsp3) is 0.857. The van der Waals surface area contributed by atoms with Crippen LogP contribution in [-0.4, -0.2) is 48.4 Å². The molecular weight excluding hydrogens is 155 g/mol. The molecule has 0 unspecified atom stereocenters. The summed E-state index contributed by atoms with van der Waals surface area (Å²) >= 11 is 0. The molecule has 1 heterocycles. The van der Waals surface area contributed by atoms with Gasteiger partial charge in [0.05, 0.1) is 20.0 Å². The van der Waals surface area contributed by atoms with Gasteiger partial charge in [0.25, 0.3) is 0 Å². The summed E-state index contributed by atoms with van der Waals surface area (Å²) in [6.45, 7) is 1.92. The molecule has 2 radical (unpaired) electrons. The Hall–Kier alpha value is -0.545. The van der Waals surface area contributed by atoms with Crippen molar-refractivity contribution in [3.8, 4) is 0 Å². The summed E-state index contributed by atoms with van der Waals surface area (Å²) in [5.74, 6) is -0.572. The largest absolute Gasteiger partial charge is 0.391 e. The van der Waals surface area contributed by atoms with Crippen LogP contribution in [0.5, 0.6) is 0 Å². The summed E-state index contributed by atoms with van der Waals surface area (Å²) in [6.07, 6.45) is -0.0546. The summed E-state index contributed by atoms with van der Waals surface area (Å²) in [5.41, 5.74) is 5.40. The molecule has 0 aromatic heterocycles. The number of carbonyl (C=O) groups is 1. The number of carbonyl (C=O) groups excluding carboxylic acids is 1. The van der Waals surface area contributed by atoms with Gasteiger partial charge in [-0.3, -0.25) is 4.79 Å². The molecule has 1 rings (SSSR count). The molecule has 0 spiro atoms. The molecule has 5 heteroatoms. The van der Waals surface area contributed by atoms with Gasteiger partial charge in [-0.05, 0) is 19.3 Å². The van der Waals surface area contributed by atoms with Crippen LogP contribution in [0.3, 0.4) is 0 Å². The topological polar surface area (TPSA) is 66.6 Å². The van der Waals surface area contributed by atoms with Crippen LogP contribution in [-0.2, 0) is 4.79 Å². The SMILES string of the molecule is [B][C@@H]1C[C@@H](O)CN1C(=O)[C@H](C)N. The fourth-order valence-corrected chi connectivity index (χ4v) is 1.36. The minimum Gasteiger partial charge on any atom is -0.391 e. The van der Waals surface area contributed by atoms with Gasteiger partial charge in [0.15, 0.2) is 0 Å². The highest BCUT2D eigenvalue weighted by atomic mass is 16.3. The van der Waals surface area contributed by atoms with E-state index in [1.165, 1.54) is 4.90 Å². The molecule has 3 atom stereocenters. The second-order valence-corrected chi connectivity index (χ2v) is 3.24. The molecule has 0 aromatic carbocycles. The van der Waals surface area contributed by atoms with E-state index in [1.54, 1.807) is 6.92 Å². The van der Waals surface area contributed by atoms with Gasteiger partial charge in [0.1, 0.15) is 0 Å². The Kier molecular flexibility index (Phi) is 2.74. The van der Waals surface area contributed by atoms with Gasteiger partial charge in [0, 0.05) is 6.54 Å². The lowest BCUT2D eigenvalue weighted by Crippen LogP contribution is -2.45. The van der Waals surface area contributed by atoms with Crippen LogP contribution in [0, 0.1) is 0 Å². The van der Waals surface area contributed by atoms with E-state index in [9.17, 15) is 9.90 Å². The van der Waals surface area contributed by atoms with E-state index in [0.717, 1.165) is 0 Å². The summed E-state index contributed by atoms with van der Waals surface area (Å²) in [7, 11) is 5.60. The van der Waals surface area contributed by atoms with Gasteiger partial charge in [0.2, 0.25) is 5.91 Å². The van der Waals surface area contributed by atoms with Gasteiger partial charge < -0.3 is 15.7 Å². The highest BCUT2D eigenvalue weighted by molar-refractivity contribution is 6.13. The number of hydrogen-bond acceptors (Lipinski definition) is 3. The number of β-amino-alcohol motifs (C(OH)–C–C–N with tert-alkyl or cyclic N) is 1. The average molecular weight is 168 g/mol. The molecule has 1 amide bonds. The van der Waals surface area contributed by atoms with Crippen LogP contribution in [0.2, 0.25) is 0 Å². The van der Waals surface area contributed by atoms with Crippen LogP contribution in [0.15, 0.2) is 0 Å². The van der Waals surface area contributed by atoms with Crippen molar-refractivity contribution in [2.24, 2.45) is 5.73 Å². The van der Waals surface area contributed by atoms with Gasteiger partial charge in [-0.2, -0.15) is 0 Å². The zero-order chi connectivity index (χ0) is 9.30. The van der Waals surface area contributed by atoms with Gasteiger partial charge in [-0.25, -0.2) is 0 Å². The van der Waals surface area contributed by atoms with Crippen LogP contribution in [0.25, 0.3) is 0 Å². The quantitative estimate of drug-likeness (QED) is 0.464. The van der Waals surface area contributed by atoms with E-state index in [0.29, 0.717) is 13.0 Å². The van der Waals surface area contributed by atoms with Crippen molar-refractivity contribution in [3.63, 3.8) is 0 Å². The Morgan fingerprint density at radius 3 is 2.75 bits per heavy atom. The van der Waals surface area contributed by atoms with Crippen LogP contribution in [0.4, 0.5) is 0 Å². The van der Waals surface area contributed by atoms with Crippen molar-refractivity contribution >= 4 is 13.8 Å². The highest BCUT2D eigenvalue weighted by Gasteiger charge is 2.31. The Balaban J connectivity index is 2.58. The number of hydrogen-bond donors (Lipinski definition) is 2. The second kappa shape index (κ2) is 3.45. The number of likely N-dealkylation sites (tertiary alicyclic amines) is 1. The van der Waals surface area contributed by atoms with E-state index in [1.807, 2.05) is 0 Å². The lowest BCUT2D eigenvalue weighted by molar-refractivity contribution is -0.132. The van der Waals surface area contributed by atoms with E-state index in [4.69, 9.17) is 13.6 Å². The van der Waals surface area contributed by atoms with Crippen molar-refractivity contribution in [2.75, 3.05) is 6.54 Å². The van der Waals surface area contributed by atoms with Crippen molar-refractivity contribution < 1.29 is 9.90 Å². The van der Waals surface area contributed by atoms with Crippen molar-refractivity contribution in [2.45, 2.75) is 31.4 Å². The van der Waals surface area contributed by atoms with Crippen molar-refractivity contribution in [1.29, 1.82) is 0 Å². The molecule has 0 aromatic rings. The molecule has 3 N–H and O–H groups in total. The molecule has 12 heavy (non-hydrogen) atoms. The Morgan fingerprint density at radius 1 is 1.83 bits per heavy atom. The monoisotopic (exact) mass is 168 g/mol. The van der Waals surface area contributed by atoms with Gasteiger partial charge in [-0.1, -0.05) is 0 Å². The average Bonchev–Trinajstić information content (AvgIpc) is 2.28. The maximum absolute atomic E-state index is 11.3. The summed E-state index contributed by atoms with van der Waals surface area (Å²) in [4.78, 5) is 12.7. The summed E-state index contributed by atoms with van der Waals surface area (Å²) in [5, 5.41) is 9.19. The molecule has 4 nitrogen and oxygen atoms in total. The number of nitrogens with zero attached hydrogens (tertiary/aromatic N) is 1. The Bertz CT molecular complexity index is 186. The van der Waals surface area contributed by atoms with Crippen molar-refractivity contribution in [1.82, 2.24) is 4.90 Å². The predicted molar refractivity (Wildman–Crippen MR) is 45.5 cm³/mol. The zero-order valence-corrected chi connectivity index (χ0v) is 7.10. The number of amides is 1. The third kappa shape index (κ3) is 1.79. The summed E-state index contributed by atoms with van der Waals surface area (Å²) < 4.78 is 0. The minimum absolute atomic E-state index is 0.195. The molecule has 1 aliphatic heterocycles. The maximum Gasteiger partial charge on any atom is 0.238 e. The molecule has 0 saturated carbocycles. The van der Waals surface area contributed by atoms with Crippen molar-refractivity contribution in [3.05, 3.63) is 0 Å². The molecule has 1 saturated heterocycles. The molecule has 1 fully saturated rings. The Labute approximate surface area is 73.1 Å². The molecule has 1 aliphatic rings. The van der Waals surface area contributed by atoms with Gasteiger partial charge in [-0.15, -0.1) is 0 Å². The Morgan fingerprint density at radius 2 is 2.42 bits per heavy atom. The number of aliphatic hydroxyl groups is 1. The third-order valence-corrected chi connectivity index (χ3v) is 1.99. The standard InChI is InChI=1S/C7H13BN2O2/c1-4(9)7(12)10-3-5(11)2-6(10)8/h4-6,11H,2-3,9H2,1H3/t4-,5+,6-/m0/s1. The van der Waals surface area contributed by atoms with Crippen LogP contribution < -0.4 is 5.73 Å². The zero-order valence-electron chi connectivity index (χ0n) is 7.10. The number of nitrogens with two attached hydrogens (primary N) is 1. The molecule has 0 aliphatic carbocycles. The smallest absolute Gasteiger partial charge is 0.238 e. The lowest BCUT2D eigenvalue weighted by Gasteiger charge is -2.23. The first-order valence-electron chi connectivity index (χ1n) is 4.02. The fourth-order valence-electron chi connectivity index (χ4n) is 1.36. The lowest BCUT2D eigenvalue weighted by atomic mass is 9.93. The number of aliphatic hydroxyl groups excluding tert-OH is 1. The van der Waals surface area contributed by atoms with E-state index in [2.05, 4.69) is 0 Å². The summed E-state index contributed by atoms with van der Waals surface area (Å²) in [6, 6.07) is -0.540. The number of rotatable bonds is 1. The maximum atomic E-state index is 11.3. The molecule has 0 bridgehead atoms. The van der Waals surface area contributed by atoms with Gasteiger partial charge >= 0.3 is 0 Å².